The highest BCUT2D eigenvalue weighted by molar-refractivity contribution is 5.87. The van der Waals surface area contributed by atoms with E-state index in [1.54, 1.807) is 19.5 Å². The maximum absolute atomic E-state index is 11.5. The molecule has 22 heavy (non-hydrogen) atoms. The standard InChI is InChI=1S/C11H20O3.C6H6O2/c1-6-11(3,4)10(12)14-8-9(2)7-13-5;1-4-8-6(7)5(2)3/h7H,6,8H2,1-5H3;1H,2H2,3H3/b9-7+;. The number of rotatable bonds is 6. The van der Waals surface area contributed by atoms with Crippen molar-refractivity contribution in [3.8, 4) is 12.5 Å². The van der Waals surface area contributed by atoms with Crippen LogP contribution in [-0.2, 0) is 23.8 Å². The molecule has 0 saturated heterocycles. The molecule has 0 rings (SSSR count). The number of methoxy groups -OCH3 is 1. The lowest BCUT2D eigenvalue weighted by molar-refractivity contribution is -0.153. The summed E-state index contributed by atoms with van der Waals surface area (Å²) in [5.74, 6) is -0.712. The van der Waals surface area contributed by atoms with Crippen LogP contribution in [0, 0.1) is 17.9 Å². The third-order valence-electron chi connectivity index (χ3n) is 2.69. The Morgan fingerprint density at radius 2 is 1.86 bits per heavy atom. The van der Waals surface area contributed by atoms with Crippen LogP contribution in [0.15, 0.2) is 24.0 Å². The summed E-state index contributed by atoms with van der Waals surface area (Å²) < 4.78 is 14.0. The maximum Gasteiger partial charge on any atom is 0.347 e. The van der Waals surface area contributed by atoms with Gasteiger partial charge in [-0.1, -0.05) is 19.9 Å². The fraction of sp³-hybridized carbons (Fsp3) is 0.529. The molecule has 5 nitrogen and oxygen atoms in total. The Balaban J connectivity index is 0. The lowest BCUT2D eigenvalue weighted by Gasteiger charge is -2.20. The molecule has 0 aromatic carbocycles. The molecule has 0 saturated carbocycles. The predicted molar refractivity (Wildman–Crippen MR) is 85.5 cm³/mol. The van der Waals surface area contributed by atoms with Crippen LogP contribution in [0.1, 0.15) is 41.0 Å². The summed E-state index contributed by atoms with van der Waals surface area (Å²) in [6, 6.07) is 0. The summed E-state index contributed by atoms with van der Waals surface area (Å²) >= 11 is 0. The number of terminal acetylenes is 1. The molecule has 0 aliphatic rings. The van der Waals surface area contributed by atoms with Crippen LogP contribution in [0.3, 0.4) is 0 Å². The Morgan fingerprint density at radius 3 is 2.18 bits per heavy atom. The van der Waals surface area contributed by atoms with Crippen molar-refractivity contribution in [2.24, 2.45) is 5.41 Å². The van der Waals surface area contributed by atoms with E-state index in [9.17, 15) is 9.59 Å². The van der Waals surface area contributed by atoms with Gasteiger partial charge in [-0.3, -0.25) is 4.79 Å². The molecule has 5 heteroatoms. The Hall–Kier alpha value is -2.22. The zero-order valence-electron chi connectivity index (χ0n) is 14.3. The van der Waals surface area contributed by atoms with Gasteiger partial charge in [0.05, 0.1) is 18.8 Å². The molecule has 124 valence electrons. The average Bonchev–Trinajstić information content (AvgIpc) is 2.45. The molecule has 0 heterocycles. The van der Waals surface area contributed by atoms with Crippen molar-refractivity contribution < 1.29 is 23.8 Å². The fourth-order valence-electron chi connectivity index (χ4n) is 0.895. The molecule has 0 bridgehead atoms. The molecule has 0 fully saturated rings. The first-order chi connectivity index (χ1) is 10.1. The number of hydrogen-bond acceptors (Lipinski definition) is 5. The molecule has 0 unspecified atom stereocenters. The summed E-state index contributed by atoms with van der Waals surface area (Å²) in [7, 11) is 1.57. The summed E-state index contributed by atoms with van der Waals surface area (Å²) in [4.78, 5) is 21.8. The van der Waals surface area contributed by atoms with Crippen molar-refractivity contribution in [3.05, 3.63) is 24.0 Å². The van der Waals surface area contributed by atoms with E-state index < -0.39 is 11.4 Å². The monoisotopic (exact) mass is 310 g/mol. The lowest BCUT2D eigenvalue weighted by Crippen LogP contribution is -2.26. The highest BCUT2D eigenvalue weighted by atomic mass is 16.5. The van der Waals surface area contributed by atoms with Gasteiger partial charge >= 0.3 is 11.9 Å². The van der Waals surface area contributed by atoms with Gasteiger partial charge in [-0.2, -0.15) is 0 Å². The van der Waals surface area contributed by atoms with E-state index in [-0.39, 0.29) is 5.97 Å². The third-order valence-corrected chi connectivity index (χ3v) is 2.69. The van der Waals surface area contributed by atoms with Gasteiger partial charge in [-0.05, 0) is 39.7 Å². The lowest BCUT2D eigenvalue weighted by atomic mass is 9.91. The molecule has 0 aromatic rings. The van der Waals surface area contributed by atoms with Crippen LogP contribution in [0.4, 0.5) is 0 Å². The zero-order chi connectivity index (χ0) is 17.8. The normalized spacial score (nSPS) is 10.5. The second-order valence-corrected chi connectivity index (χ2v) is 5.30. The molecule has 0 atom stereocenters. The predicted octanol–water partition coefficient (Wildman–Crippen LogP) is 3.21. The molecule has 0 N–H and O–H groups in total. The van der Waals surface area contributed by atoms with E-state index >= 15 is 0 Å². The van der Waals surface area contributed by atoms with Gasteiger partial charge in [0, 0.05) is 5.57 Å². The van der Waals surface area contributed by atoms with E-state index in [2.05, 4.69) is 17.7 Å². The minimum absolute atomic E-state index is 0.163. The Kier molecular flexibility index (Phi) is 11.5. The van der Waals surface area contributed by atoms with Gasteiger partial charge in [0.15, 0.2) is 0 Å². The quantitative estimate of drug-likeness (QED) is 0.326. The second-order valence-electron chi connectivity index (χ2n) is 5.30. The molecule has 0 aromatic heterocycles. The van der Waals surface area contributed by atoms with Crippen molar-refractivity contribution in [1.29, 1.82) is 0 Å². The molecular weight excluding hydrogens is 284 g/mol. The van der Waals surface area contributed by atoms with Crippen molar-refractivity contribution >= 4 is 11.9 Å². The first-order valence-corrected chi connectivity index (χ1v) is 6.80. The molecule has 0 aliphatic carbocycles. The largest absolute Gasteiger partial charge is 0.504 e. The van der Waals surface area contributed by atoms with E-state index in [4.69, 9.17) is 9.47 Å². The third kappa shape index (κ3) is 10.6. The molecule has 0 aliphatic heterocycles. The fourth-order valence-corrected chi connectivity index (χ4v) is 0.895. The van der Waals surface area contributed by atoms with Crippen LogP contribution < -0.4 is 0 Å². The van der Waals surface area contributed by atoms with Crippen LogP contribution in [-0.4, -0.2) is 25.7 Å². The number of hydrogen-bond donors (Lipinski definition) is 0. The van der Waals surface area contributed by atoms with Gasteiger partial charge in [-0.25, -0.2) is 4.79 Å². The molecule has 0 amide bonds. The SMILES string of the molecule is C#COC(=O)C(=C)C.CCC(C)(C)C(=O)OC/C(C)=C/OC. The first-order valence-electron chi connectivity index (χ1n) is 6.80. The van der Waals surface area contributed by atoms with E-state index in [1.165, 1.54) is 6.92 Å². The van der Waals surface area contributed by atoms with Crippen molar-refractivity contribution in [1.82, 2.24) is 0 Å². The number of esters is 2. The maximum atomic E-state index is 11.5. The van der Waals surface area contributed by atoms with Crippen LogP contribution >= 0.6 is 0 Å². The topological polar surface area (TPSA) is 61.8 Å². The first kappa shape index (κ1) is 22.1. The summed E-state index contributed by atoms with van der Waals surface area (Å²) in [6.07, 6.45) is 8.72. The van der Waals surface area contributed by atoms with Crippen molar-refractivity contribution in [2.45, 2.75) is 41.0 Å². The van der Waals surface area contributed by atoms with Gasteiger partial charge in [-0.15, -0.1) is 0 Å². The zero-order valence-corrected chi connectivity index (χ0v) is 14.3. The van der Waals surface area contributed by atoms with Gasteiger partial charge in [0.25, 0.3) is 0 Å². The minimum atomic E-state index is -0.549. The van der Waals surface area contributed by atoms with Gasteiger partial charge in [0.1, 0.15) is 12.7 Å². The molecular formula is C17H26O5. The smallest absolute Gasteiger partial charge is 0.347 e. The molecule has 0 radical (unpaired) electrons. The number of carbonyl (C=O) groups is 2. The van der Waals surface area contributed by atoms with Crippen LogP contribution in [0.2, 0.25) is 0 Å². The highest BCUT2D eigenvalue weighted by Crippen LogP contribution is 2.21. The summed E-state index contributed by atoms with van der Waals surface area (Å²) in [5.41, 5.74) is 0.809. The number of carbonyl (C=O) groups excluding carboxylic acids is 2. The Morgan fingerprint density at radius 1 is 1.32 bits per heavy atom. The van der Waals surface area contributed by atoms with E-state index in [1.807, 2.05) is 27.7 Å². The van der Waals surface area contributed by atoms with Crippen LogP contribution in [0.25, 0.3) is 0 Å². The molecule has 0 spiro atoms. The highest BCUT2D eigenvalue weighted by Gasteiger charge is 2.26. The van der Waals surface area contributed by atoms with Crippen molar-refractivity contribution in [3.63, 3.8) is 0 Å². The van der Waals surface area contributed by atoms with Crippen LogP contribution in [0.5, 0.6) is 0 Å². The van der Waals surface area contributed by atoms with Gasteiger partial charge < -0.3 is 14.2 Å². The van der Waals surface area contributed by atoms with Gasteiger partial charge in [0.2, 0.25) is 0 Å². The minimum Gasteiger partial charge on any atom is -0.504 e. The Labute approximate surface area is 133 Å². The number of ether oxygens (including phenoxy) is 3. The van der Waals surface area contributed by atoms with E-state index in [0.717, 1.165) is 12.0 Å². The summed E-state index contributed by atoms with van der Waals surface area (Å²) in [6.45, 7) is 12.7. The Bertz CT molecular complexity index is 452. The second kappa shape index (κ2) is 11.4. The van der Waals surface area contributed by atoms with E-state index in [0.29, 0.717) is 12.2 Å². The average molecular weight is 310 g/mol. The van der Waals surface area contributed by atoms with Crippen molar-refractivity contribution in [2.75, 3.05) is 13.7 Å². The summed E-state index contributed by atoms with van der Waals surface area (Å²) in [5, 5.41) is 0.